The van der Waals surface area contributed by atoms with Gasteiger partial charge in [0.2, 0.25) is 0 Å². The molecule has 2 aliphatic rings. The van der Waals surface area contributed by atoms with Crippen LogP contribution < -0.4 is 5.32 Å². The molecule has 0 aromatic carbocycles. The van der Waals surface area contributed by atoms with E-state index in [4.69, 9.17) is 12.2 Å². The van der Waals surface area contributed by atoms with E-state index in [2.05, 4.69) is 22.0 Å². The van der Waals surface area contributed by atoms with Crippen molar-refractivity contribution in [2.45, 2.75) is 45.1 Å². The molecule has 98 valence electrons. The fraction of sp³-hybridized carbons (Fsp3) is 0.923. The number of thiocarbonyl (C=S) groups is 1. The van der Waals surface area contributed by atoms with Crippen molar-refractivity contribution in [2.24, 2.45) is 0 Å². The van der Waals surface area contributed by atoms with Crippen molar-refractivity contribution in [1.29, 1.82) is 0 Å². The van der Waals surface area contributed by atoms with Crippen molar-refractivity contribution >= 4 is 17.3 Å². The van der Waals surface area contributed by atoms with Gasteiger partial charge in [-0.2, -0.15) is 0 Å². The zero-order valence-electron chi connectivity index (χ0n) is 11.0. The van der Waals surface area contributed by atoms with Crippen molar-refractivity contribution in [3.63, 3.8) is 0 Å². The van der Waals surface area contributed by atoms with E-state index in [1.165, 1.54) is 45.2 Å². The second kappa shape index (κ2) is 6.55. The van der Waals surface area contributed by atoms with Crippen LogP contribution in [0.5, 0.6) is 0 Å². The van der Waals surface area contributed by atoms with E-state index in [1.54, 1.807) is 0 Å². The number of likely N-dealkylation sites (tertiary alicyclic amines) is 2. The highest BCUT2D eigenvalue weighted by molar-refractivity contribution is 7.80. The van der Waals surface area contributed by atoms with Gasteiger partial charge in [0.25, 0.3) is 0 Å². The molecule has 0 saturated carbocycles. The van der Waals surface area contributed by atoms with Gasteiger partial charge in [0.05, 0.1) is 0 Å². The number of rotatable bonds is 3. The van der Waals surface area contributed by atoms with Gasteiger partial charge in [0, 0.05) is 25.7 Å². The summed E-state index contributed by atoms with van der Waals surface area (Å²) in [7, 11) is 0. The summed E-state index contributed by atoms with van der Waals surface area (Å²) in [5, 5.41) is 4.45. The smallest absolute Gasteiger partial charge is 0.168 e. The Balaban J connectivity index is 1.71. The number of likely N-dealkylation sites (N-methyl/N-ethyl adjacent to an activating group) is 1. The zero-order valence-corrected chi connectivity index (χ0v) is 11.8. The molecule has 0 aromatic heterocycles. The Morgan fingerprint density at radius 3 is 2.65 bits per heavy atom. The van der Waals surface area contributed by atoms with Crippen LogP contribution in [-0.2, 0) is 0 Å². The Kier molecular flexibility index (Phi) is 5.04. The molecule has 0 amide bonds. The normalized spacial score (nSPS) is 26.2. The van der Waals surface area contributed by atoms with Crippen molar-refractivity contribution in [1.82, 2.24) is 15.1 Å². The number of nitrogens with one attached hydrogen (secondary N) is 1. The van der Waals surface area contributed by atoms with Crippen LogP contribution in [0.1, 0.15) is 39.0 Å². The van der Waals surface area contributed by atoms with E-state index in [-0.39, 0.29) is 0 Å². The van der Waals surface area contributed by atoms with Crippen LogP contribution in [-0.4, -0.2) is 53.7 Å². The Labute approximate surface area is 111 Å². The van der Waals surface area contributed by atoms with Gasteiger partial charge in [-0.3, -0.25) is 4.90 Å². The summed E-state index contributed by atoms with van der Waals surface area (Å²) in [4.78, 5) is 4.90. The lowest BCUT2D eigenvalue weighted by molar-refractivity contribution is 0.263. The largest absolute Gasteiger partial charge is 0.361 e. The second-order valence-electron chi connectivity index (χ2n) is 5.16. The Morgan fingerprint density at radius 1 is 1.18 bits per heavy atom. The van der Waals surface area contributed by atoms with Crippen LogP contribution in [0.4, 0.5) is 0 Å². The molecule has 2 saturated heterocycles. The minimum Gasteiger partial charge on any atom is -0.361 e. The number of nitrogens with zero attached hydrogens (tertiary/aromatic N) is 2. The maximum Gasteiger partial charge on any atom is 0.168 e. The predicted molar refractivity (Wildman–Crippen MR) is 76.3 cm³/mol. The average Bonchev–Trinajstić information content (AvgIpc) is 2.84. The van der Waals surface area contributed by atoms with Crippen LogP contribution in [0.3, 0.4) is 0 Å². The molecule has 1 unspecified atom stereocenters. The Morgan fingerprint density at radius 2 is 1.94 bits per heavy atom. The fourth-order valence-electron chi connectivity index (χ4n) is 2.96. The quantitative estimate of drug-likeness (QED) is 0.775. The number of piperidine rings is 1. The Bertz CT molecular complexity index is 251. The van der Waals surface area contributed by atoms with Gasteiger partial charge in [-0.1, -0.05) is 6.92 Å². The Hall–Kier alpha value is -0.350. The lowest BCUT2D eigenvalue weighted by atomic mass is 10.1. The molecule has 3 nitrogen and oxygen atoms in total. The lowest BCUT2D eigenvalue weighted by Gasteiger charge is -2.31. The summed E-state index contributed by atoms with van der Waals surface area (Å²) in [5.41, 5.74) is 0. The third-order valence-electron chi connectivity index (χ3n) is 4.04. The molecule has 4 heteroatoms. The molecule has 0 aliphatic carbocycles. The van der Waals surface area contributed by atoms with Crippen LogP contribution in [0.25, 0.3) is 0 Å². The van der Waals surface area contributed by atoms with E-state index < -0.39 is 0 Å². The third kappa shape index (κ3) is 3.55. The summed E-state index contributed by atoms with van der Waals surface area (Å²) in [5.74, 6) is 0. The first-order valence-corrected chi connectivity index (χ1v) is 7.49. The highest BCUT2D eigenvalue weighted by Gasteiger charge is 2.23. The minimum absolute atomic E-state index is 0.697. The van der Waals surface area contributed by atoms with Gasteiger partial charge in [-0.25, -0.2) is 0 Å². The first-order valence-electron chi connectivity index (χ1n) is 7.08. The minimum atomic E-state index is 0.697. The van der Waals surface area contributed by atoms with Gasteiger partial charge in [0.1, 0.15) is 0 Å². The van der Waals surface area contributed by atoms with Crippen molar-refractivity contribution in [3.8, 4) is 0 Å². The standard InChI is InChI=1S/C13H25N3S/c1-2-15-10-6-7-12(15)11-14-13(17)16-8-4-3-5-9-16/h12H,2-11H2,1H3,(H,14,17). The molecule has 2 rings (SSSR count). The van der Waals surface area contributed by atoms with E-state index in [0.29, 0.717) is 6.04 Å². The second-order valence-corrected chi connectivity index (χ2v) is 5.55. The summed E-state index contributed by atoms with van der Waals surface area (Å²) in [6.45, 7) is 8.01. The topological polar surface area (TPSA) is 18.5 Å². The van der Waals surface area contributed by atoms with Gasteiger partial charge in [-0.15, -0.1) is 0 Å². The highest BCUT2D eigenvalue weighted by atomic mass is 32.1. The summed E-state index contributed by atoms with van der Waals surface area (Å²) >= 11 is 5.48. The molecule has 17 heavy (non-hydrogen) atoms. The van der Waals surface area contributed by atoms with E-state index in [9.17, 15) is 0 Å². The fourth-order valence-corrected chi connectivity index (χ4v) is 3.22. The van der Waals surface area contributed by atoms with Crippen molar-refractivity contribution < 1.29 is 0 Å². The molecule has 0 radical (unpaired) electrons. The first kappa shape index (κ1) is 13.1. The molecular weight excluding hydrogens is 230 g/mol. The van der Waals surface area contributed by atoms with Gasteiger partial charge in [0.15, 0.2) is 5.11 Å². The molecule has 2 heterocycles. The van der Waals surface area contributed by atoms with E-state index in [1.807, 2.05) is 0 Å². The third-order valence-corrected chi connectivity index (χ3v) is 4.44. The molecular formula is C13H25N3S. The van der Waals surface area contributed by atoms with Crippen molar-refractivity contribution in [2.75, 3.05) is 32.7 Å². The average molecular weight is 255 g/mol. The molecule has 0 bridgehead atoms. The first-order chi connectivity index (χ1) is 8.31. The molecule has 2 fully saturated rings. The van der Waals surface area contributed by atoms with Crippen LogP contribution >= 0.6 is 12.2 Å². The molecule has 1 atom stereocenters. The predicted octanol–water partition coefficient (Wildman–Crippen LogP) is 1.83. The van der Waals surface area contributed by atoms with Crippen LogP contribution in [0.15, 0.2) is 0 Å². The van der Waals surface area contributed by atoms with E-state index >= 15 is 0 Å². The highest BCUT2D eigenvalue weighted by Crippen LogP contribution is 2.16. The summed E-state index contributed by atoms with van der Waals surface area (Å²) < 4.78 is 0. The lowest BCUT2D eigenvalue weighted by Crippen LogP contribution is -2.47. The molecule has 0 aromatic rings. The molecule has 2 aliphatic heterocycles. The SMILES string of the molecule is CCN1CCCC1CNC(=S)N1CCCCC1. The zero-order chi connectivity index (χ0) is 12.1. The monoisotopic (exact) mass is 255 g/mol. The maximum atomic E-state index is 5.48. The number of hydrogen-bond acceptors (Lipinski definition) is 2. The van der Waals surface area contributed by atoms with Crippen molar-refractivity contribution in [3.05, 3.63) is 0 Å². The molecule has 0 spiro atoms. The van der Waals surface area contributed by atoms with Crippen LogP contribution in [0, 0.1) is 0 Å². The summed E-state index contributed by atoms with van der Waals surface area (Å²) in [6, 6.07) is 0.697. The number of hydrogen-bond donors (Lipinski definition) is 1. The van der Waals surface area contributed by atoms with Gasteiger partial charge < -0.3 is 10.2 Å². The maximum absolute atomic E-state index is 5.48. The van der Waals surface area contributed by atoms with Crippen LogP contribution in [0.2, 0.25) is 0 Å². The van der Waals surface area contributed by atoms with Gasteiger partial charge >= 0.3 is 0 Å². The molecule has 1 N–H and O–H groups in total. The van der Waals surface area contributed by atoms with Gasteiger partial charge in [-0.05, 0) is 57.4 Å². The van der Waals surface area contributed by atoms with E-state index in [0.717, 1.165) is 24.7 Å². The summed E-state index contributed by atoms with van der Waals surface area (Å²) in [6.07, 6.45) is 6.63.